The third-order valence-corrected chi connectivity index (χ3v) is 4.35. The summed E-state index contributed by atoms with van der Waals surface area (Å²) >= 11 is 0. The molecule has 0 aliphatic heterocycles. The van der Waals surface area contributed by atoms with Gasteiger partial charge in [0, 0.05) is 17.8 Å². The molecule has 0 bridgehead atoms. The van der Waals surface area contributed by atoms with E-state index in [9.17, 15) is 9.59 Å². The predicted octanol–water partition coefficient (Wildman–Crippen LogP) is 3.42. The van der Waals surface area contributed by atoms with E-state index in [0.29, 0.717) is 22.6 Å². The largest absolute Gasteiger partial charge is 0.456 e. The molecule has 0 amide bonds. The first kappa shape index (κ1) is 17.6. The number of fused-ring (bicyclic) bond motifs is 1. The Balaban J connectivity index is 1.52. The van der Waals surface area contributed by atoms with Crippen LogP contribution in [0.1, 0.15) is 21.7 Å². The van der Waals surface area contributed by atoms with Crippen molar-refractivity contribution in [2.75, 3.05) is 0 Å². The van der Waals surface area contributed by atoms with Crippen LogP contribution >= 0.6 is 0 Å². The number of nitrogens with zero attached hydrogens (tertiary/aromatic N) is 3. The third kappa shape index (κ3) is 3.53. The number of ether oxygens (including phenoxy) is 1. The lowest BCUT2D eigenvalue weighted by molar-refractivity contribution is 0.0466. The second-order valence-corrected chi connectivity index (χ2v) is 6.29. The van der Waals surface area contributed by atoms with Crippen LogP contribution < -0.4 is 5.56 Å². The van der Waals surface area contributed by atoms with Gasteiger partial charge in [0.05, 0.1) is 22.6 Å². The maximum atomic E-state index is 12.5. The number of aryl methyl sites for hydroxylation is 1. The Labute approximate surface area is 161 Å². The Kier molecular flexibility index (Phi) is 4.68. The van der Waals surface area contributed by atoms with E-state index in [1.54, 1.807) is 43.5 Å². The molecular formula is C22H17N3O3. The molecule has 0 radical (unpaired) electrons. The predicted molar refractivity (Wildman–Crippen MR) is 105 cm³/mol. The highest BCUT2D eigenvalue weighted by molar-refractivity contribution is 5.90. The molecule has 4 rings (SSSR count). The van der Waals surface area contributed by atoms with Crippen LogP contribution in [-0.4, -0.2) is 20.3 Å². The molecule has 0 spiro atoms. The first-order valence-corrected chi connectivity index (χ1v) is 8.79. The molecule has 0 N–H and O–H groups in total. The van der Waals surface area contributed by atoms with E-state index in [1.807, 2.05) is 30.3 Å². The molecule has 0 aliphatic carbocycles. The van der Waals surface area contributed by atoms with Gasteiger partial charge in [-0.05, 0) is 31.2 Å². The monoisotopic (exact) mass is 371 g/mol. The molecule has 6 heteroatoms. The zero-order valence-corrected chi connectivity index (χ0v) is 15.2. The summed E-state index contributed by atoms with van der Waals surface area (Å²) in [6.45, 7) is 1.68. The number of carbonyl (C=O) groups excluding carboxylic acids is 1. The summed E-state index contributed by atoms with van der Waals surface area (Å²) < 4.78 is 6.79. The highest BCUT2D eigenvalue weighted by atomic mass is 16.5. The van der Waals surface area contributed by atoms with Crippen LogP contribution in [0.2, 0.25) is 0 Å². The van der Waals surface area contributed by atoms with Gasteiger partial charge in [-0.1, -0.05) is 36.4 Å². The van der Waals surface area contributed by atoms with Crippen molar-refractivity contribution >= 4 is 11.6 Å². The van der Waals surface area contributed by atoms with Crippen molar-refractivity contribution in [3.05, 3.63) is 100 Å². The van der Waals surface area contributed by atoms with Gasteiger partial charge in [0.15, 0.2) is 0 Å². The Hall–Kier alpha value is -3.80. The average molecular weight is 371 g/mol. The first-order valence-electron chi connectivity index (χ1n) is 8.79. The molecule has 0 unspecified atom stereocenters. The van der Waals surface area contributed by atoms with Gasteiger partial charge in [-0.2, -0.15) is 0 Å². The minimum Gasteiger partial charge on any atom is -0.456 e. The van der Waals surface area contributed by atoms with E-state index >= 15 is 0 Å². The number of hydrogen-bond donors (Lipinski definition) is 0. The Morgan fingerprint density at radius 2 is 1.79 bits per heavy atom. The maximum Gasteiger partial charge on any atom is 0.340 e. The molecule has 4 aromatic rings. The number of benzene rings is 1. The molecule has 3 heterocycles. The van der Waals surface area contributed by atoms with Gasteiger partial charge in [-0.25, -0.2) is 9.78 Å². The quantitative estimate of drug-likeness (QED) is 0.514. The van der Waals surface area contributed by atoms with E-state index in [0.717, 1.165) is 11.3 Å². The van der Waals surface area contributed by atoms with Crippen LogP contribution in [0.5, 0.6) is 0 Å². The van der Waals surface area contributed by atoms with Crippen LogP contribution in [-0.2, 0) is 11.3 Å². The highest BCUT2D eigenvalue weighted by Gasteiger charge is 2.14. The van der Waals surface area contributed by atoms with E-state index in [1.165, 1.54) is 10.5 Å². The van der Waals surface area contributed by atoms with E-state index in [2.05, 4.69) is 9.97 Å². The van der Waals surface area contributed by atoms with Gasteiger partial charge in [0.25, 0.3) is 5.56 Å². The van der Waals surface area contributed by atoms with Crippen LogP contribution in [0.3, 0.4) is 0 Å². The fourth-order valence-corrected chi connectivity index (χ4v) is 2.94. The van der Waals surface area contributed by atoms with Crippen LogP contribution in [0, 0.1) is 6.92 Å². The summed E-state index contributed by atoms with van der Waals surface area (Å²) in [4.78, 5) is 33.4. The minimum absolute atomic E-state index is 0.0840. The molecule has 28 heavy (non-hydrogen) atoms. The first-order chi connectivity index (χ1) is 13.6. The molecule has 138 valence electrons. The van der Waals surface area contributed by atoms with Gasteiger partial charge in [0.1, 0.15) is 12.3 Å². The van der Waals surface area contributed by atoms with Gasteiger partial charge < -0.3 is 4.74 Å². The molecular weight excluding hydrogens is 354 g/mol. The summed E-state index contributed by atoms with van der Waals surface area (Å²) in [6.07, 6.45) is 1.64. The lowest BCUT2D eigenvalue weighted by Gasteiger charge is -2.09. The standard InChI is InChI=1S/C22H17N3O3/c1-15-18(10-11-19(23-15)16-7-3-2-4-8-16)22(27)28-14-17-13-21(26)25-12-6-5-9-20(25)24-17/h2-13H,14H2,1H3. The normalized spacial score (nSPS) is 10.8. The zero-order valence-electron chi connectivity index (χ0n) is 15.2. The van der Waals surface area contributed by atoms with Crippen molar-refractivity contribution in [3.63, 3.8) is 0 Å². The van der Waals surface area contributed by atoms with Crippen molar-refractivity contribution in [3.8, 4) is 11.3 Å². The second-order valence-electron chi connectivity index (χ2n) is 6.29. The van der Waals surface area contributed by atoms with Gasteiger partial charge >= 0.3 is 5.97 Å². The second kappa shape index (κ2) is 7.44. The number of pyridine rings is 2. The van der Waals surface area contributed by atoms with Crippen molar-refractivity contribution in [1.82, 2.24) is 14.4 Å². The molecule has 3 aromatic heterocycles. The maximum absolute atomic E-state index is 12.5. The van der Waals surface area contributed by atoms with E-state index < -0.39 is 5.97 Å². The van der Waals surface area contributed by atoms with Crippen LogP contribution in [0.4, 0.5) is 0 Å². The molecule has 6 nitrogen and oxygen atoms in total. The fraction of sp³-hybridized carbons (Fsp3) is 0.0909. The zero-order chi connectivity index (χ0) is 19.5. The van der Waals surface area contributed by atoms with Gasteiger partial charge in [0.2, 0.25) is 0 Å². The van der Waals surface area contributed by atoms with E-state index in [4.69, 9.17) is 4.74 Å². The Bertz CT molecular complexity index is 1220. The van der Waals surface area contributed by atoms with Crippen LogP contribution in [0.15, 0.2) is 77.7 Å². The summed E-state index contributed by atoms with van der Waals surface area (Å²) in [5.41, 5.74) is 3.42. The molecule has 1 aromatic carbocycles. The summed E-state index contributed by atoms with van der Waals surface area (Å²) in [7, 11) is 0. The van der Waals surface area contributed by atoms with Crippen LogP contribution in [0.25, 0.3) is 16.9 Å². The Morgan fingerprint density at radius 3 is 2.57 bits per heavy atom. The van der Waals surface area contributed by atoms with Crippen molar-refractivity contribution in [1.29, 1.82) is 0 Å². The number of esters is 1. The molecule has 0 saturated carbocycles. The highest BCUT2D eigenvalue weighted by Crippen LogP contribution is 2.19. The van der Waals surface area contributed by atoms with E-state index in [-0.39, 0.29) is 12.2 Å². The number of aromatic nitrogens is 3. The SMILES string of the molecule is Cc1nc(-c2ccccc2)ccc1C(=O)OCc1cc(=O)n2ccccc2n1. The smallest absolute Gasteiger partial charge is 0.340 e. The summed E-state index contributed by atoms with van der Waals surface area (Å²) in [5, 5.41) is 0. The number of rotatable bonds is 4. The molecule has 0 saturated heterocycles. The lowest BCUT2D eigenvalue weighted by atomic mass is 10.1. The minimum atomic E-state index is -0.500. The molecule has 0 aliphatic rings. The molecule has 0 fully saturated rings. The molecule has 0 atom stereocenters. The summed E-state index contributed by atoms with van der Waals surface area (Å²) in [5.74, 6) is -0.500. The van der Waals surface area contributed by atoms with Crippen molar-refractivity contribution < 1.29 is 9.53 Å². The summed E-state index contributed by atoms with van der Waals surface area (Å²) in [6, 6.07) is 19.9. The number of hydrogen-bond acceptors (Lipinski definition) is 5. The average Bonchev–Trinajstić information content (AvgIpc) is 2.72. The van der Waals surface area contributed by atoms with Gasteiger partial charge in [-0.15, -0.1) is 0 Å². The van der Waals surface area contributed by atoms with Gasteiger partial charge in [-0.3, -0.25) is 14.2 Å². The topological polar surface area (TPSA) is 73.6 Å². The Morgan fingerprint density at radius 1 is 1.00 bits per heavy atom. The van der Waals surface area contributed by atoms with Crippen molar-refractivity contribution in [2.45, 2.75) is 13.5 Å². The van der Waals surface area contributed by atoms with Crippen molar-refractivity contribution in [2.24, 2.45) is 0 Å². The number of carbonyl (C=O) groups is 1. The lowest BCUT2D eigenvalue weighted by Crippen LogP contribution is -2.16. The third-order valence-electron chi connectivity index (χ3n) is 4.35. The fourth-order valence-electron chi connectivity index (χ4n) is 2.94.